The molecule has 0 N–H and O–H groups in total. The standard InChI is InChI=1S/C21H25BrO3/c1-3-4-8-13-24-18-11-12-21(25-16-23-2)19(14-18)20(15-22)17-9-6-5-7-10-17/h5-7,9-12,14-15H,3-4,8,13,16H2,1-2H3. The number of benzene rings is 2. The monoisotopic (exact) mass is 404 g/mol. The maximum absolute atomic E-state index is 5.91. The minimum atomic E-state index is 0.202. The maximum Gasteiger partial charge on any atom is 0.188 e. The van der Waals surface area contributed by atoms with Gasteiger partial charge in [0.15, 0.2) is 6.79 Å². The number of hydrogen-bond acceptors (Lipinski definition) is 3. The van der Waals surface area contributed by atoms with E-state index < -0.39 is 0 Å². The fourth-order valence-electron chi connectivity index (χ4n) is 2.49. The SMILES string of the molecule is CCCCCOc1ccc(OCOC)c(C(=CBr)c2ccccc2)c1. The minimum absolute atomic E-state index is 0.202. The molecule has 0 heterocycles. The summed E-state index contributed by atoms with van der Waals surface area (Å²) in [5.41, 5.74) is 3.10. The summed E-state index contributed by atoms with van der Waals surface area (Å²) in [6, 6.07) is 16.1. The van der Waals surface area contributed by atoms with E-state index in [0.717, 1.165) is 41.2 Å². The summed E-state index contributed by atoms with van der Waals surface area (Å²) in [5, 5.41) is 0. The molecule has 134 valence electrons. The average Bonchev–Trinajstić information content (AvgIpc) is 2.66. The Labute approximate surface area is 158 Å². The molecule has 0 aliphatic heterocycles. The van der Waals surface area contributed by atoms with Crippen molar-refractivity contribution in [3.63, 3.8) is 0 Å². The first-order chi connectivity index (χ1) is 12.3. The normalized spacial score (nSPS) is 11.4. The Morgan fingerprint density at radius 1 is 1.04 bits per heavy atom. The predicted octanol–water partition coefficient (Wildman–Crippen LogP) is 6.02. The Morgan fingerprint density at radius 3 is 2.52 bits per heavy atom. The molecule has 0 aliphatic rings. The number of hydrogen-bond donors (Lipinski definition) is 0. The zero-order valence-corrected chi connectivity index (χ0v) is 16.4. The molecule has 0 radical (unpaired) electrons. The van der Waals surface area contributed by atoms with Crippen molar-refractivity contribution in [2.75, 3.05) is 20.5 Å². The van der Waals surface area contributed by atoms with E-state index in [0.29, 0.717) is 0 Å². The molecule has 0 fully saturated rings. The van der Waals surface area contributed by atoms with Crippen LogP contribution in [0.2, 0.25) is 0 Å². The molecule has 2 rings (SSSR count). The van der Waals surface area contributed by atoms with Crippen molar-refractivity contribution < 1.29 is 14.2 Å². The summed E-state index contributed by atoms with van der Waals surface area (Å²) in [7, 11) is 1.61. The van der Waals surface area contributed by atoms with Gasteiger partial charge < -0.3 is 14.2 Å². The number of rotatable bonds is 10. The molecule has 25 heavy (non-hydrogen) atoms. The predicted molar refractivity (Wildman–Crippen MR) is 106 cm³/mol. The highest BCUT2D eigenvalue weighted by molar-refractivity contribution is 9.11. The van der Waals surface area contributed by atoms with E-state index in [1.807, 2.05) is 41.4 Å². The Morgan fingerprint density at radius 2 is 1.84 bits per heavy atom. The molecule has 0 bridgehead atoms. The lowest BCUT2D eigenvalue weighted by Crippen LogP contribution is -2.03. The van der Waals surface area contributed by atoms with E-state index in [1.54, 1.807) is 7.11 Å². The third-order valence-electron chi connectivity index (χ3n) is 3.78. The Kier molecular flexibility index (Phi) is 8.56. The molecule has 3 nitrogen and oxygen atoms in total. The largest absolute Gasteiger partial charge is 0.494 e. The molecule has 0 unspecified atom stereocenters. The zero-order valence-electron chi connectivity index (χ0n) is 14.8. The lowest BCUT2D eigenvalue weighted by atomic mass is 9.98. The van der Waals surface area contributed by atoms with Crippen LogP contribution in [0.25, 0.3) is 5.57 Å². The van der Waals surface area contributed by atoms with E-state index >= 15 is 0 Å². The molecule has 4 heteroatoms. The van der Waals surface area contributed by atoms with E-state index in [2.05, 4.69) is 35.0 Å². The molecule has 0 saturated carbocycles. The second kappa shape index (κ2) is 11.0. The third kappa shape index (κ3) is 5.91. The van der Waals surface area contributed by atoms with Gasteiger partial charge in [-0.15, -0.1) is 0 Å². The fourth-order valence-corrected chi connectivity index (χ4v) is 3.01. The average molecular weight is 405 g/mol. The summed E-state index contributed by atoms with van der Waals surface area (Å²) in [6.07, 6.45) is 3.43. The molecule has 2 aromatic carbocycles. The molecule has 2 aromatic rings. The van der Waals surface area contributed by atoms with Gasteiger partial charge in [-0.2, -0.15) is 0 Å². The second-order valence-electron chi connectivity index (χ2n) is 5.65. The van der Waals surface area contributed by atoms with Crippen molar-refractivity contribution in [2.24, 2.45) is 0 Å². The van der Waals surface area contributed by atoms with Crippen LogP contribution in [0.3, 0.4) is 0 Å². The molecule has 0 aromatic heterocycles. The van der Waals surface area contributed by atoms with Gasteiger partial charge in [-0.05, 0) is 40.7 Å². The molecule has 0 atom stereocenters. The Balaban J connectivity index is 2.30. The van der Waals surface area contributed by atoms with Crippen molar-refractivity contribution in [3.05, 3.63) is 64.6 Å². The van der Waals surface area contributed by atoms with Crippen LogP contribution in [0.15, 0.2) is 53.5 Å². The van der Waals surface area contributed by atoms with E-state index in [1.165, 1.54) is 12.8 Å². The Bertz CT molecular complexity index is 668. The van der Waals surface area contributed by atoms with Crippen LogP contribution < -0.4 is 9.47 Å². The molecular formula is C21H25BrO3. The summed E-state index contributed by atoms with van der Waals surface area (Å²) in [6.45, 7) is 3.12. The van der Waals surface area contributed by atoms with Gasteiger partial charge >= 0.3 is 0 Å². The number of methoxy groups -OCH3 is 1. The number of halogens is 1. The van der Waals surface area contributed by atoms with Crippen LogP contribution in [-0.4, -0.2) is 20.5 Å². The molecule has 0 saturated heterocycles. The third-order valence-corrected chi connectivity index (χ3v) is 4.24. The lowest BCUT2D eigenvalue weighted by molar-refractivity contribution is 0.0509. The fraction of sp³-hybridized carbons (Fsp3) is 0.333. The summed E-state index contributed by atoms with van der Waals surface area (Å²) >= 11 is 3.50. The van der Waals surface area contributed by atoms with Crippen molar-refractivity contribution in [1.29, 1.82) is 0 Å². The maximum atomic E-state index is 5.91. The lowest BCUT2D eigenvalue weighted by Gasteiger charge is -2.16. The minimum Gasteiger partial charge on any atom is -0.494 e. The van der Waals surface area contributed by atoms with Crippen molar-refractivity contribution in [2.45, 2.75) is 26.2 Å². The van der Waals surface area contributed by atoms with Gasteiger partial charge in [0, 0.05) is 12.7 Å². The molecular weight excluding hydrogens is 380 g/mol. The second-order valence-corrected chi connectivity index (χ2v) is 6.11. The van der Waals surface area contributed by atoms with Crippen LogP contribution >= 0.6 is 15.9 Å². The van der Waals surface area contributed by atoms with Crippen LogP contribution in [-0.2, 0) is 4.74 Å². The highest BCUT2D eigenvalue weighted by Crippen LogP contribution is 2.35. The first-order valence-electron chi connectivity index (χ1n) is 8.55. The van der Waals surface area contributed by atoms with E-state index in [9.17, 15) is 0 Å². The molecule has 0 aliphatic carbocycles. The molecule has 0 amide bonds. The van der Waals surface area contributed by atoms with Crippen LogP contribution in [0.1, 0.15) is 37.3 Å². The van der Waals surface area contributed by atoms with Gasteiger partial charge in [-0.25, -0.2) is 0 Å². The van der Waals surface area contributed by atoms with E-state index in [4.69, 9.17) is 14.2 Å². The number of ether oxygens (including phenoxy) is 3. The summed E-state index contributed by atoms with van der Waals surface area (Å²) < 4.78 is 16.7. The Hall–Kier alpha value is -1.78. The number of unbranched alkanes of at least 4 members (excludes halogenated alkanes) is 2. The highest BCUT2D eigenvalue weighted by atomic mass is 79.9. The van der Waals surface area contributed by atoms with Gasteiger partial charge in [0.1, 0.15) is 11.5 Å². The zero-order chi connectivity index (χ0) is 17.9. The van der Waals surface area contributed by atoms with Crippen LogP contribution in [0, 0.1) is 0 Å². The smallest absolute Gasteiger partial charge is 0.188 e. The first-order valence-corrected chi connectivity index (χ1v) is 9.46. The topological polar surface area (TPSA) is 27.7 Å². The van der Waals surface area contributed by atoms with Crippen molar-refractivity contribution in [3.8, 4) is 11.5 Å². The van der Waals surface area contributed by atoms with Crippen molar-refractivity contribution >= 4 is 21.5 Å². The first kappa shape index (κ1) is 19.5. The summed E-state index contributed by atoms with van der Waals surface area (Å²) in [5.74, 6) is 1.61. The van der Waals surface area contributed by atoms with Gasteiger partial charge in [-0.1, -0.05) is 66.0 Å². The van der Waals surface area contributed by atoms with Crippen LogP contribution in [0.4, 0.5) is 0 Å². The summed E-state index contributed by atoms with van der Waals surface area (Å²) in [4.78, 5) is 1.91. The quantitative estimate of drug-likeness (QED) is 0.357. The van der Waals surface area contributed by atoms with E-state index in [-0.39, 0.29) is 6.79 Å². The van der Waals surface area contributed by atoms with Gasteiger partial charge in [0.25, 0.3) is 0 Å². The van der Waals surface area contributed by atoms with Gasteiger partial charge in [0.05, 0.1) is 6.61 Å². The van der Waals surface area contributed by atoms with Crippen LogP contribution in [0.5, 0.6) is 11.5 Å². The van der Waals surface area contributed by atoms with Crippen molar-refractivity contribution in [1.82, 2.24) is 0 Å². The molecule has 0 spiro atoms. The highest BCUT2D eigenvalue weighted by Gasteiger charge is 2.13. The van der Waals surface area contributed by atoms with Gasteiger partial charge in [0.2, 0.25) is 0 Å². The van der Waals surface area contributed by atoms with Gasteiger partial charge in [-0.3, -0.25) is 0 Å².